The van der Waals surface area contributed by atoms with Gasteiger partial charge in [0.25, 0.3) is 0 Å². The molecule has 104 valence electrons. The second-order valence-corrected chi connectivity index (χ2v) is 6.38. The van der Waals surface area contributed by atoms with Crippen molar-refractivity contribution in [2.75, 3.05) is 5.32 Å². The first-order chi connectivity index (χ1) is 9.03. The van der Waals surface area contributed by atoms with Crippen LogP contribution >= 0.6 is 11.6 Å². The number of carbonyl (C=O) groups is 1. The zero-order valence-electron chi connectivity index (χ0n) is 11.7. The van der Waals surface area contributed by atoms with Crippen LogP contribution in [0.15, 0.2) is 24.3 Å². The molecule has 0 heterocycles. The van der Waals surface area contributed by atoms with E-state index in [0.717, 1.165) is 30.5 Å². The highest BCUT2D eigenvalue weighted by atomic mass is 35.5. The third kappa shape index (κ3) is 3.50. The molecule has 1 aliphatic carbocycles. The Bertz CT molecular complexity index is 456. The molecule has 3 heteroatoms. The number of hydrogen-bond donors (Lipinski definition) is 1. The first-order valence-corrected chi connectivity index (χ1v) is 7.52. The summed E-state index contributed by atoms with van der Waals surface area (Å²) in [4.78, 5) is 12.4. The molecule has 1 N–H and O–H groups in total. The Morgan fingerprint density at radius 2 is 2.21 bits per heavy atom. The van der Waals surface area contributed by atoms with Crippen molar-refractivity contribution >= 4 is 23.2 Å². The summed E-state index contributed by atoms with van der Waals surface area (Å²) in [6, 6.07) is 7.76. The van der Waals surface area contributed by atoms with Gasteiger partial charge in [-0.1, -0.05) is 38.8 Å². The summed E-state index contributed by atoms with van der Waals surface area (Å²) in [5.41, 5.74) is 1.98. The minimum absolute atomic E-state index is 0.104. The molecule has 0 radical (unpaired) electrons. The Kier molecular flexibility index (Phi) is 4.51. The first-order valence-electron chi connectivity index (χ1n) is 6.99. The Morgan fingerprint density at radius 3 is 2.89 bits per heavy atom. The van der Waals surface area contributed by atoms with E-state index in [4.69, 9.17) is 11.6 Å². The van der Waals surface area contributed by atoms with Crippen LogP contribution in [-0.4, -0.2) is 5.91 Å². The van der Waals surface area contributed by atoms with Gasteiger partial charge in [0.05, 0.1) is 0 Å². The van der Waals surface area contributed by atoms with Crippen LogP contribution in [0, 0.1) is 11.3 Å². The number of rotatable bonds is 3. The van der Waals surface area contributed by atoms with E-state index in [-0.39, 0.29) is 17.2 Å². The summed E-state index contributed by atoms with van der Waals surface area (Å²) < 4.78 is 0. The fraction of sp³-hybridized carbons (Fsp3) is 0.562. The Balaban J connectivity index is 2.07. The number of anilines is 1. The van der Waals surface area contributed by atoms with Gasteiger partial charge in [0.15, 0.2) is 0 Å². The average Bonchev–Trinajstić information content (AvgIpc) is 2.38. The average molecular weight is 280 g/mol. The highest BCUT2D eigenvalue weighted by Crippen LogP contribution is 2.41. The maximum atomic E-state index is 12.4. The van der Waals surface area contributed by atoms with E-state index in [0.29, 0.717) is 5.88 Å². The standard InChI is InChI=1S/C16H22ClNO/c1-16(2)9-4-3-8-14(16)15(19)18-13-7-5-6-12(10-13)11-17/h5-7,10,14H,3-4,8-9,11H2,1-2H3,(H,18,19). The van der Waals surface area contributed by atoms with Crippen molar-refractivity contribution in [3.05, 3.63) is 29.8 Å². The van der Waals surface area contributed by atoms with E-state index in [9.17, 15) is 4.79 Å². The van der Waals surface area contributed by atoms with Gasteiger partial charge in [-0.3, -0.25) is 4.79 Å². The molecule has 0 saturated heterocycles. The molecule has 1 saturated carbocycles. The molecule has 0 spiro atoms. The van der Waals surface area contributed by atoms with Crippen LogP contribution in [0.2, 0.25) is 0 Å². The van der Waals surface area contributed by atoms with Crippen LogP contribution in [0.5, 0.6) is 0 Å². The quantitative estimate of drug-likeness (QED) is 0.806. The van der Waals surface area contributed by atoms with Gasteiger partial charge in [-0.2, -0.15) is 0 Å². The Morgan fingerprint density at radius 1 is 1.42 bits per heavy atom. The molecule has 1 atom stereocenters. The summed E-state index contributed by atoms with van der Waals surface area (Å²) in [5, 5.41) is 3.04. The monoisotopic (exact) mass is 279 g/mol. The van der Waals surface area contributed by atoms with E-state index < -0.39 is 0 Å². The molecule has 1 amide bonds. The van der Waals surface area contributed by atoms with Crippen LogP contribution in [0.3, 0.4) is 0 Å². The highest BCUT2D eigenvalue weighted by Gasteiger charge is 2.37. The Hall–Kier alpha value is -1.02. The molecular formula is C16H22ClNO. The fourth-order valence-corrected chi connectivity index (χ4v) is 3.11. The smallest absolute Gasteiger partial charge is 0.228 e. The molecule has 0 aliphatic heterocycles. The highest BCUT2D eigenvalue weighted by molar-refractivity contribution is 6.17. The van der Waals surface area contributed by atoms with Gasteiger partial charge in [-0.25, -0.2) is 0 Å². The number of carbonyl (C=O) groups excluding carboxylic acids is 1. The maximum Gasteiger partial charge on any atom is 0.228 e. The molecule has 1 unspecified atom stereocenters. The molecule has 0 bridgehead atoms. The number of alkyl halides is 1. The van der Waals surface area contributed by atoms with E-state index in [1.165, 1.54) is 6.42 Å². The van der Waals surface area contributed by atoms with Crippen LogP contribution in [0.4, 0.5) is 5.69 Å². The maximum absolute atomic E-state index is 12.4. The van der Waals surface area contributed by atoms with Crippen molar-refractivity contribution in [2.45, 2.75) is 45.4 Å². The molecule has 19 heavy (non-hydrogen) atoms. The van der Waals surface area contributed by atoms with Crippen molar-refractivity contribution < 1.29 is 4.79 Å². The van der Waals surface area contributed by atoms with E-state index in [2.05, 4.69) is 19.2 Å². The first kappa shape index (κ1) is 14.4. The Labute approximate surface area is 120 Å². The molecule has 2 nitrogen and oxygen atoms in total. The van der Waals surface area contributed by atoms with Gasteiger partial charge in [-0.05, 0) is 36.0 Å². The normalized spacial score (nSPS) is 21.9. The van der Waals surface area contributed by atoms with Crippen molar-refractivity contribution in [1.82, 2.24) is 0 Å². The molecule has 1 fully saturated rings. The SMILES string of the molecule is CC1(C)CCCCC1C(=O)Nc1cccc(CCl)c1. The number of hydrogen-bond acceptors (Lipinski definition) is 1. The summed E-state index contributed by atoms with van der Waals surface area (Å²) in [6.45, 7) is 4.40. The van der Waals surface area contributed by atoms with Crippen molar-refractivity contribution in [1.29, 1.82) is 0 Å². The van der Waals surface area contributed by atoms with E-state index in [1.807, 2.05) is 24.3 Å². The molecule has 1 aromatic rings. The van der Waals surface area contributed by atoms with E-state index >= 15 is 0 Å². The van der Waals surface area contributed by atoms with Gasteiger partial charge in [0, 0.05) is 17.5 Å². The van der Waals surface area contributed by atoms with Crippen molar-refractivity contribution in [3.63, 3.8) is 0 Å². The second-order valence-electron chi connectivity index (χ2n) is 6.11. The fourth-order valence-electron chi connectivity index (χ4n) is 2.94. The summed E-state index contributed by atoms with van der Waals surface area (Å²) in [6.07, 6.45) is 4.52. The number of amides is 1. The third-order valence-corrected chi connectivity index (χ3v) is 4.48. The number of halogens is 1. The number of nitrogens with one attached hydrogen (secondary N) is 1. The molecule has 1 aliphatic rings. The third-order valence-electron chi connectivity index (χ3n) is 4.17. The van der Waals surface area contributed by atoms with Crippen LogP contribution in [-0.2, 0) is 10.7 Å². The van der Waals surface area contributed by atoms with Crippen molar-refractivity contribution in [3.8, 4) is 0 Å². The van der Waals surface area contributed by atoms with Gasteiger partial charge in [0.1, 0.15) is 0 Å². The van der Waals surface area contributed by atoms with Crippen molar-refractivity contribution in [2.24, 2.45) is 11.3 Å². The summed E-state index contributed by atoms with van der Waals surface area (Å²) >= 11 is 5.82. The number of benzene rings is 1. The zero-order valence-corrected chi connectivity index (χ0v) is 12.5. The lowest BCUT2D eigenvalue weighted by Gasteiger charge is -2.37. The second kappa shape index (κ2) is 5.96. The van der Waals surface area contributed by atoms with Gasteiger partial charge >= 0.3 is 0 Å². The predicted molar refractivity (Wildman–Crippen MR) is 80.4 cm³/mol. The molecule has 1 aromatic carbocycles. The molecular weight excluding hydrogens is 258 g/mol. The van der Waals surface area contributed by atoms with Crippen LogP contribution in [0.1, 0.15) is 45.1 Å². The lowest BCUT2D eigenvalue weighted by Crippen LogP contribution is -2.37. The summed E-state index contributed by atoms with van der Waals surface area (Å²) in [5.74, 6) is 0.732. The summed E-state index contributed by atoms with van der Waals surface area (Å²) in [7, 11) is 0. The predicted octanol–water partition coefficient (Wildman–Crippen LogP) is 4.58. The zero-order chi connectivity index (χ0) is 13.9. The molecule has 0 aromatic heterocycles. The minimum Gasteiger partial charge on any atom is -0.326 e. The van der Waals surface area contributed by atoms with E-state index in [1.54, 1.807) is 0 Å². The minimum atomic E-state index is 0.104. The van der Waals surface area contributed by atoms with Crippen LogP contribution < -0.4 is 5.32 Å². The topological polar surface area (TPSA) is 29.1 Å². The largest absolute Gasteiger partial charge is 0.326 e. The van der Waals surface area contributed by atoms with Gasteiger partial charge < -0.3 is 5.32 Å². The lowest BCUT2D eigenvalue weighted by molar-refractivity contribution is -0.124. The van der Waals surface area contributed by atoms with Gasteiger partial charge in [-0.15, -0.1) is 11.6 Å². The van der Waals surface area contributed by atoms with Crippen LogP contribution in [0.25, 0.3) is 0 Å². The lowest BCUT2D eigenvalue weighted by atomic mass is 9.68. The molecule has 2 rings (SSSR count). The van der Waals surface area contributed by atoms with Gasteiger partial charge in [0.2, 0.25) is 5.91 Å².